The summed E-state index contributed by atoms with van der Waals surface area (Å²) < 4.78 is 0. The normalized spacial score (nSPS) is 14.5. The SMILES string of the molecule is CC(=O)N[C@@H](CS)C(=O)N[C@@H](C)C(=O)N[C@H](C(=O)N[C@@H](CCC(N)=O)C(=O)N[C@@H](CC(C)C)C(=O)N[C@@H](CCCN=C(N)N)C(=O)N[C@@H](CCCN=C(N)N)C(=O)N[C@@H](Cc1ccccc1)C(=O)NCC(=O)N[C@@H](CC(=O)O)C(=O)N[C@@H](CCCCN)C(=O)N[C@@H](CC(C)C)C(=O)N[C@@H](CC(N)=O)C(N)=O)[C@@H](C)O. The van der Waals surface area contributed by atoms with Crippen LogP contribution in [0.15, 0.2) is 40.3 Å². The first-order valence-electron chi connectivity index (χ1n) is 35.2. The molecule has 1 aromatic carbocycles. The molecule has 0 saturated heterocycles. The number of rotatable bonds is 53. The first-order chi connectivity index (χ1) is 51.1. The highest BCUT2D eigenvalue weighted by atomic mass is 32.1. The number of nitrogens with zero attached hydrogens (tertiary/aromatic N) is 2. The van der Waals surface area contributed by atoms with Crippen molar-refractivity contribution in [1.29, 1.82) is 0 Å². The fourth-order valence-corrected chi connectivity index (χ4v) is 10.6. The molecule has 0 spiro atoms. The zero-order chi connectivity index (χ0) is 82.8. The summed E-state index contributed by atoms with van der Waals surface area (Å²) in [6.45, 7) is 9.27. The Balaban J connectivity index is 3.76. The molecule has 0 saturated carbocycles. The molecule has 1 aromatic rings. The van der Waals surface area contributed by atoms with Crippen LogP contribution in [0.3, 0.4) is 0 Å². The smallest absolute Gasteiger partial charge is 0.305 e. The van der Waals surface area contributed by atoms with Gasteiger partial charge in [0.15, 0.2) is 11.9 Å². The molecule has 0 aliphatic rings. The molecule has 0 aliphatic carbocycles. The van der Waals surface area contributed by atoms with E-state index in [2.05, 4.69) is 91.7 Å². The van der Waals surface area contributed by atoms with Crippen molar-refractivity contribution in [2.45, 2.75) is 217 Å². The largest absolute Gasteiger partial charge is 0.481 e. The van der Waals surface area contributed by atoms with E-state index in [-0.39, 0.29) is 101 Å². The van der Waals surface area contributed by atoms with Gasteiger partial charge in [0, 0.05) is 38.6 Å². The summed E-state index contributed by atoms with van der Waals surface area (Å²) in [6, 6.07) is -10.6. The summed E-state index contributed by atoms with van der Waals surface area (Å²) in [6.07, 6.45) is -4.96. The molecule has 0 radical (unpaired) electrons. The van der Waals surface area contributed by atoms with Crippen molar-refractivity contribution in [2.24, 2.45) is 67.7 Å². The molecule has 1 rings (SSSR count). The van der Waals surface area contributed by atoms with E-state index < -0.39 is 217 Å². The molecule has 0 fully saturated rings. The lowest BCUT2D eigenvalue weighted by molar-refractivity contribution is -0.141. The standard InChI is InChI=1S/C66H111N23O19S/c1-32(2)25-43(87-59(103)41(20-21-48(68)92)84-64(108)52(35(6)90)89-54(98)34(5)78-63(107)47(31-109)79-36(7)91)60(104)83-39(18-13-23-75-65(71)72)56(100)81-40(19-14-24-76-66(73)74)58(102)88-45(27-37-15-9-8-10-16-37)55(99)77-30-50(94)80-46(29-51(95)96)62(106)82-38(17-11-12-22-67)57(101)86-44(26-33(3)4)61(105)85-42(53(70)97)28-49(69)93/h8-10,15-16,32-35,38-47,52,90,109H,11-14,17-31,67H2,1-7H3,(H2,68,92)(H2,69,93)(H2,70,97)(H,77,99)(H,78,107)(H,79,91)(H,80,94)(H,81,100)(H,82,106)(H,83,104)(H,84,108)(H,85,105)(H,86,101)(H,87,103)(H,88,102)(H,89,98)(H,95,96)(H4,71,72,75)(H4,73,74,76)/t34-,35+,38-,39-,40-,41-,42-,43-,44-,45-,46-,47-,52-/m0/s1. The third-order valence-electron chi connectivity index (χ3n) is 15.9. The first kappa shape index (κ1) is 96.0. The zero-order valence-corrected chi connectivity index (χ0v) is 63.2. The number of hydrogen-bond donors (Lipinski definition) is 24. The summed E-state index contributed by atoms with van der Waals surface area (Å²) in [5.41, 5.74) is 44.5. The van der Waals surface area contributed by atoms with Gasteiger partial charge >= 0.3 is 5.97 Å². The minimum Gasteiger partial charge on any atom is -0.481 e. The number of guanidine groups is 2. The first-order valence-corrected chi connectivity index (χ1v) is 35.8. The van der Waals surface area contributed by atoms with Gasteiger partial charge in [0.25, 0.3) is 0 Å². The van der Waals surface area contributed by atoms with Gasteiger partial charge in [-0.25, -0.2) is 0 Å². The third kappa shape index (κ3) is 40.0. The molecule has 0 heterocycles. The Morgan fingerprint density at radius 1 is 0.440 bits per heavy atom. The van der Waals surface area contributed by atoms with Crippen molar-refractivity contribution in [3.63, 3.8) is 0 Å². The van der Waals surface area contributed by atoms with Crippen molar-refractivity contribution < 1.29 is 91.7 Å². The number of nitrogens with one attached hydrogen (secondary N) is 13. The number of hydrogen-bond acceptors (Lipinski definition) is 22. The van der Waals surface area contributed by atoms with E-state index in [1.807, 2.05) is 0 Å². The number of carbonyl (C=O) groups is 17. The quantitative estimate of drug-likeness (QED) is 0.0125. The maximum atomic E-state index is 14.7. The van der Waals surface area contributed by atoms with Crippen LogP contribution in [0, 0.1) is 11.8 Å². The highest BCUT2D eigenvalue weighted by Crippen LogP contribution is 2.14. The molecule has 610 valence electrons. The Labute approximate surface area is 635 Å². The second kappa shape index (κ2) is 50.6. The van der Waals surface area contributed by atoms with Gasteiger partial charge < -0.3 is 125 Å². The molecular formula is C66H111N23O19S. The number of aliphatic imine (C=N–C) groups is 2. The number of carboxylic acid groups (broad SMARTS) is 1. The summed E-state index contributed by atoms with van der Waals surface area (Å²) in [5.74, 6) is -19.0. The zero-order valence-electron chi connectivity index (χ0n) is 62.3. The van der Waals surface area contributed by atoms with Gasteiger partial charge in [-0.1, -0.05) is 58.0 Å². The van der Waals surface area contributed by atoms with E-state index in [9.17, 15) is 91.7 Å². The molecule has 0 aromatic heterocycles. The van der Waals surface area contributed by atoms with E-state index in [0.29, 0.717) is 12.0 Å². The summed E-state index contributed by atoms with van der Waals surface area (Å²) >= 11 is 4.04. The number of aliphatic hydroxyl groups excluding tert-OH is 1. The van der Waals surface area contributed by atoms with Crippen molar-refractivity contribution >= 4 is 125 Å². The maximum absolute atomic E-state index is 14.7. The molecule has 42 nitrogen and oxygen atoms in total. The second-order valence-electron chi connectivity index (χ2n) is 26.5. The average Bonchev–Trinajstić information content (AvgIpc) is 0.861. The number of carboxylic acids is 1. The minimum atomic E-state index is -1.92. The molecule has 43 heteroatoms. The number of amides is 16. The number of benzene rings is 1. The molecule has 0 bridgehead atoms. The fraction of sp³-hybridized carbons (Fsp3) is 0.621. The number of aliphatic hydroxyl groups is 1. The Morgan fingerprint density at radius 3 is 1.28 bits per heavy atom. The van der Waals surface area contributed by atoms with Crippen LogP contribution in [0.1, 0.15) is 138 Å². The Hall–Kier alpha value is -11.0. The lowest BCUT2D eigenvalue weighted by Crippen LogP contribution is -2.61. The van der Waals surface area contributed by atoms with Gasteiger partial charge in [-0.3, -0.25) is 91.5 Å². The van der Waals surface area contributed by atoms with E-state index in [0.717, 1.165) is 13.8 Å². The number of nitrogens with two attached hydrogens (primary N) is 8. The fourth-order valence-electron chi connectivity index (χ4n) is 10.3. The number of thiol groups is 1. The Morgan fingerprint density at radius 2 is 0.862 bits per heavy atom. The average molecular weight is 1560 g/mol. The van der Waals surface area contributed by atoms with E-state index in [4.69, 9.17) is 45.9 Å². The van der Waals surface area contributed by atoms with Gasteiger partial charge in [0.2, 0.25) is 94.5 Å². The topological polar surface area (TPSA) is 720 Å². The maximum Gasteiger partial charge on any atom is 0.305 e. The molecule has 0 unspecified atom stereocenters. The lowest BCUT2D eigenvalue weighted by Gasteiger charge is -2.29. The third-order valence-corrected chi connectivity index (χ3v) is 16.2. The molecular weight excluding hydrogens is 1450 g/mol. The monoisotopic (exact) mass is 1560 g/mol. The van der Waals surface area contributed by atoms with Crippen LogP contribution < -0.4 is 115 Å². The minimum absolute atomic E-state index is 0.00797. The second-order valence-corrected chi connectivity index (χ2v) is 26.9. The van der Waals surface area contributed by atoms with Crippen LogP contribution >= 0.6 is 12.6 Å². The number of primary amides is 3. The molecule has 31 N–H and O–H groups in total. The van der Waals surface area contributed by atoms with Gasteiger partial charge in [0.05, 0.1) is 25.5 Å². The van der Waals surface area contributed by atoms with Crippen molar-refractivity contribution in [3.05, 3.63) is 35.9 Å². The van der Waals surface area contributed by atoms with E-state index >= 15 is 0 Å². The van der Waals surface area contributed by atoms with Crippen molar-refractivity contribution in [2.75, 3.05) is 31.9 Å². The van der Waals surface area contributed by atoms with Crippen molar-refractivity contribution in [3.8, 4) is 0 Å². The summed E-state index contributed by atoms with van der Waals surface area (Å²) in [4.78, 5) is 235. The van der Waals surface area contributed by atoms with Gasteiger partial charge in [-0.15, -0.1) is 0 Å². The highest BCUT2D eigenvalue weighted by Gasteiger charge is 2.38. The van der Waals surface area contributed by atoms with Crippen LogP contribution in [0.2, 0.25) is 0 Å². The number of unbranched alkanes of at least 4 members (excludes halogenated alkanes) is 1. The van der Waals surface area contributed by atoms with Gasteiger partial charge in [-0.2, -0.15) is 12.6 Å². The molecule has 13 atom stereocenters. The Kier molecular flexibility index (Phi) is 44.5. The summed E-state index contributed by atoms with van der Waals surface area (Å²) in [7, 11) is 0. The Bertz CT molecular complexity index is 3340. The number of carbonyl (C=O) groups excluding carboxylic acids is 16. The van der Waals surface area contributed by atoms with Crippen LogP contribution in [0.4, 0.5) is 0 Å². The predicted molar refractivity (Wildman–Crippen MR) is 399 cm³/mol. The van der Waals surface area contributed by atoms with Crippen LogP contribution in [0.25, 0.3) is 0 Å². The van der Waals surface area contributed by atoms with E-state index in [1.165, 1.54) is 6.92 Å². The molecule has 109 heavy (non-hydrogen) atoms. The number of aliphatic carboxylic acids is 1. The van der Waals surface area contributed by atoms with Crippen molar-refractivity contribution in [1.82, 2.24) is 69.1 Å². The van der Waals surface area contributed by atoms with Crippen LogP contribution in [-0.2, 0) is 87.9 Å². The van der Waals surface area contributed by atoms with E-state index in [1.54, 1.807) is 58.0 Å². The highest BCUT2D eigenvalue weighted by molar-refractivity contribution is 7.80. The predicted octanol–water partition coefficient (Wildman–Crippen LogP) is -9.06. The van der Waals surface area contributed by atoms with Crippen LogP contribution in [-0.4, -0.2) is 233 Å². The van der Waals surface area contributed by atoms with Gasteiger partial charge in [-0.05, 0) is 102 Å². The van der Waals surface area contributed by atoms with Gasteiger partial charge in [0.1, 0.15) is 72.5 Å². The lowest BCUT2D eigenvalue weighted by atomic mass is 10.0. The molecule has 16 amide bonds. The molecule has 0 aliphatic heterocycles. The summed E-state index contributed by atoms with van der Waals surface area (Å²) in [5, 5.41) is 52.1. The van der Waals surface area contributed by atoms with Crippen LogP contribution in [0.5, 0.6) is 0 Å².